The maximum Gasteiger partial charge on any atom is 0.329 e. The van der Waals surface area contributed by atoms with Crippen LogP contribution in [0.2, 0.25) is 0 Å². The number of rotatable bonds is 11. The first kappa shape index (κ1) is 73.1. The number of benzene rings is 2. The number of carbonyl (C=O) groups is 12. The molecule has 31 heteroatoms. The molecule has 1 aromatic rings. The highest BCUT2D eigenvalue weighted by Gasteiger charge is 2.47. The lowest BCUT2D eigenvalue weighted by Crippen LogP contribution is -2.61. The fourth-order valence-corrected chi connectivity index (χ4v) is 12.9. The van der Waals surface area contributed by atoms with Crippen molar-refractivity contribution in [2.24, 2.45) is 23.7 Å². The molecule has 95 heavy (non-hydrogen) atoms. The Balaban J connectivity index is 1.38. The zero-order valence-corrected chi connectivity index (χ0v) is 56.7. The fourth-order valence-electron chi connectivity index (χ4n) is 12.9. The fraction of sp³-hybridized carbons (Fsp3) is 0.625. The van der Waals surface area contributed by atoms with Crippen molar-refractivity contribution in [1.29, 1.82) is 0 Å². The molecule has 10 amide bonds. The number of aryl methyl sites for hydroxylation is 1. The topological polar surface area (TPSA) is 403 Å². The van der Waals surface area contributed by atoms with Crippen molar-refractivity contribution in [3.05, 3.63) is 48.7 Å². The zero-order chi connectivity index (χ0) is 70.8. The summed E-state index contributed by atoms with van der Waals surface area (Å²) in [7, 11) is 5.47. The number of aromatic nitrogens is 1. The summed E-state index contributed by atoms with van der Waals surface area (Å²) in [5.74, 6) is -13.6. The van der Waals surface area contributed by atoms with Gasteiger partial charge in [-0.1, -0.05) is 68.2 Å². The Morgan fingerprint density at radius 3 is 1.49 bits per heavy atom. The van der Waals surface area contributed by atoms with Crippen LogP contribution in [0.15, 0.2) is 15.3 Å². The highest BCUT2D eigenvalue weighted by atomic mass is 16.6. The van der Waals surface area contributed by atoms with E-state index in [-0.39, 0.29) is 37.1 Å². The summed E-state index contributed by atoms with van der Waals surface area (Å²) >= 11 is 0. The second kappa shape index (κ2) is 29.5. The number of esters is 2. The van der Waals surface area contributed by atoms with Crippen LogP contribution in [0, 0.1) is 47.6 Å². The molecule has 31 nitrogen and oxygen atoms in total. The van der Waals surface area contributed by atoms with E-state index < -0.39 is 224 Å². The van der Waals surface area contributed by atoms with Crippen LogP contribution in [0.4, 0.5) is 11.4 Å². The number of nitrogens with one attached hydrogen (secondary N) is 4. The molecule has 7 rings (SSSR count). The van der Waals surface area contributed by atoms with E-state index in [1.54, 1.807) is 55.4 Å². The van der Waals surface area contributed by atoms with Gasteiger partial charge in [-0.25, -0.2) is 14.6 Å². The average Bonchev–Trinajstić information content (AvgIpc) is 1.34. The minimum Gasteiger partial charge on any atom is -0.458 e. The number of likely N-dealkylation sites (N-methyl/N-ethyl adjacent to an activating group) is 4. The van der Waals surface area contributed by atoms with Gasteiger partial charge in [0.2, 0.25) is 52.7 Å². The summed E-state index contributed by atoms with van der Waals surface area (Å²) in [4.78, 5) is 213. The monoisotopic (exact) mass is 1330 g/mol. The van der Waals surface area contributed by atoms with Gasteiger partial charge < -0.3 is 70.3 Å². The van der Waals surface area contributed by atoms with Crippen molar-refractivity contribution < 1.29 is 76.3 Å². The van der Waals surface area contributed by atoms with Crippen LogP contribution in [0.3, 0.4) is 0 Å². The van der Waals surface area contributed by atoms with Gasteiger partial charge >= 0.3 is 11.9 Å². The third-order valence-corrected chi connectivity index (χ3v) is 19.0. The molecule has 6 aliphatic rings. The number of nitrogen functional groups attached to an aromatic ring is 1. The van der Waals surface area contributed by atoms with Gasteiger partial charge in [0.05, 0.1) is 40.4 Å². The number of hydrogen-bond donors (Lipinski definition) is 5. The lowest BCUT2D eigenvalue weighted by atomic mass is 9.96. The third kappa shape index (κ3) is 14.7. The lowest BCUT2D eigenvalue weighted by Gasteiger charge is -2.36. The molecule has 0 bridgehead atoms. The molecule has 4 saturated heterocycles. The van der Waals surface area contributed by atoms with Gasteiger partial charge in [-0.3, -0.25) is 62.9 Å². The molecule has 6 N–H and O–H groups in total. The van der Waals surface area contributed by atoms with E-state index in [0.717, 1.165) is 15.9 Å². The van der Waals surface area contributed by atoms with Gasteiger partial charge in [0.15, 0.2) is 11.3 Å². The molecule has 0 radical (unpaired) electrons. The first-order valence-electron chi connectivity index (χ1n) is 32.1. The minimum atomic E-state index is -1.96. The highest BCUT2D eigenvalue weighted by molar-refractivity contribution is 6.11. The van der Waals surface area contributed by atoms with Crippen LogP contribution in [0.5, 0.6) is 0 Å². The molecule has 518 valence electrons. The number of anilines is 1. The molecule has 12 unspecified atom stereocenters. The van der Waals surface area contributed by atoms with E-state index in [0.29, 0.717) is 25.7 Å². The second-order valence-corrected chi connectivity index (χ2v) is 26.2. The van der Waals surface area contributed by atoms with Crippen molar-refractivity contribution in [3.63, 3.8) is 0 Å². The predicted octanol–water partition coefficient (Wildman–Crippen LogP) is 1.41. The molecule has 5 heterocycles. The number of nitrogens with two attached hydrogens (primary N) is 1. The summed E-state index contributed by atoms with van der Waals surface area (Å²) in [5, 5.41) is 23.4. The van der Waals surface area contributed by atoms with Crippen LogP contribution in [0.25, 0.3) is 22.6 Å². The molecule has 1 aliphatic carbocycles. The van der Waals surface area contributed by atoms with Crippen molar-refractivity contribution >= 4 is 93.5 Å². The van der Waals surface area contributed by atoms with E-state index in [1.165, 1.54) is 75.5 Å². The SMILES string of the molecule is CCC(C)C1NC(=O)C(NC(=O)c2c3nc4c(C(=O)NC5C(=O)NC(C(C)CC)C(=O)N6CCCC6C(=O)N(C)CC(=O)N(C)C(C(C)C)C(=O)OC5C)cc([N+](=O)[O-])c(C)c4oc-3c(C)c(=O)c2N)C(C)OC(=O)C(C(C)C)N(C)C(=O)CN(C)C(=O)C2CCCN2C1=O. The standard InChI is InChI=1S/C64H89N13O18/c1-17-30(7)44-61(87)75-23-19-21-37(75)59(85)71(13)26-40(78)73(15)50(28(3)4)63(89)93-34(11)46(57(83)67-44)69-55(81)36-25-39(77(91)92)32(9)53-48(36)66-49-42(43(65)52(80)33(10)54(49)95-53)56(82)70-47-35(12)94-64(90)51(29(5)6)74(16)41(79)27-72(14)60(86)38-22-20-24-76(38)62(88)45(31(8)18-2)68-58(47)84/h25,28-31,34-35,37-38,44-47,50-51H,17-24,26-27,65H2,1-16H3,(H,67,83)(H,68,84)(H,69,81)(H,70,82). The Morgan fingerprint density at radius 2 is 1.09 bits per heavy atom. The molecule has 4 fully saturated rings. The zero-order valence-electron chi connectivity index (χ0n) is 56.7. The largest absolute Gasteiger partial charge is 0.458 e. The smallest absolute Gasteiger partial charge is 0.329 e. The number of nitro groups is 1. The molecule has 12 atom stereocenters. The first-order valence-corrected chi connectivity index (χ1v) is 32.1. The van der Waals surface area contributed by atoms with E-state index in [9.17, 15) is 53.3 Å². The van der Waals surface area contributed by atoms with Crippen molar-refractivity contribution in [3.8, 4) is 11.5 Å². The van der Waals surface area contributed by atoms with Crippen LogP contribution >= 0.6 is 0 Å². The summed E-state index contributed by atoms with van der Waals surface area (Å²) in [6, 6.07) is -10.5. The number of amides is 10. The van der Waals surface area contributed by atoms with Crippen molar-refractivity contribution in [1.82, 2.24) is 55.7 Å². The number of fused-ring (bicyclic) bond motifs is 4. The molecule has 0 aromatic heterocycles. The summed E-state index contributed by atoms with van der Waals surface area (Å²) in [6.07, 6.45) is -1.39. The number of hydrogen-bond acceptors (Lipinski definition) is 20. The Kier molecular flexibility index (Phi) is 22.7. The summed E-state index contributed by atoms with van der Waals surface area (Å²) < 4.78 is 18.2. The van der Waals surface area contributed by atoms with Gasteiger partial charge in [0.1, 0.15) is 71.8 Å². The van der Waals surface area contributed by atoms with Gasteiger partial charge in [0.25, 0.3) is 17.5 Å². The molecule has 0 spiro atoms. The number of nitro benzene ring substituents is 1. The van der Waals surface area contributed by atoms with E-state index >= 15 is 19.2 Å². The van der Waals surface area contributed by atoms with Gasteiger partial charge in [-0.05, 0) is 77.0 Å². The van der Waals surface area contributed by atoms with Gasteiger partial charge in [-0.2, -0.15) is 0 Å². The molecule has 5 aliphatic heterocycles. The molecular weight excluding hydrogens is 1240 g/mol. The number of cyclic esters (lactones) is 2. The van der Waals surface area contributed by atoms with Crippen molar-refractivity contribution in [2.75, 3.05) is 60.1 Å². The van der Waals surface area contributed by atoms with Crippen molar-refractivity contribution in [2.45, 2.75) is 182 Å². The highest BCUT2D eigenvalue weighted by Crippen LogP contribution is 2.38. The minimum absolute atomic E-state index is 0.120. The van der Waals surface area contributed by atoms with Crippen LogP contribution in [-0.4, -0.2) is 225 Å². The second-order valence-electron chi connectivity index (χ2n) is 26.2. The quantitative estimate of drug-likeness (QED) is 0.0596. The van der Waals surface area contributed by atoms with Crippen LogP contribution in [-0.2, 0) is 57.4 Å². The molecule has 1 aromatic carbocycles. The van der Waals surface area contributed by atoms with E-state index in [1.807, 2.05) is 0 Å². The van der Waals surface area contributed by atoms with Crippen LogP contribution < -0.4 is 32.4 Å². The van der Waals surface area contributed by atoms with E-state index in [2.05, 4.69) is 26.3 Å². The Labute approximate surface area is 549 Å². The number of nitrogens with zero attached hydrogens (tertiary/aromatic N) is 8. The normalized spacial score (nSPS) is 26.0. The summed E-state index contributed by atoms with van der Waals surface area (Å²) in [6.45, 7) is 17.7. The van der Waals surface area contributed by atoms with Crippen LogP contribution in [0.1, 0.15) is 140 Å². The average molecular weight is 1330 g/mol. The first-order chi connectivity index (χ1) is 44.5. The maximum absolute atomic E-state index is 15.3. The number of ether oxygens (including phenoxy) is 2. The van der Waals surface area contributed by atoms with Gasteiger partial charge in [-0.15, -0.1) is 0 Å². The Hall–Kier alpha value is -9.32. The summed E-state index contributed by atoms with van der Waals surface area (Å²) in [5.41, 5.74) is 0.437. The Bertz CT molecular complexity index is 3630. The molecular formula is C64H89N13O18. The van der Waals surface area contributed by atoms with E-state index in [4.69, 9.17) is 19.6 Å². The maximum atomic E-state index is 15.3. The van der Waals surface area contributed by atoms with Gasteiger partial charge in [0, 0.05) is 52.9 Å². The predicted molar refractivity (Wildman–Crippen MR) is 341 cm³/mol. The molecule has 0 saturated carbocycles. The number of carbonyl (C=O) groups excluding carboxylic acids is 12. The lowest BCUT2D eigenvalue weighted by molar-refractivity contribution is -0.385. The third-order valence-electron chi connectivity index (χ3n) is 19.0. The Morgan fingerprint density at radius 1 is 0.674 bits per heavy atom.